The number of nitrogens with zero attached hydrogens (tertiary/aromatic N) is 2. The Bertz CT molecular complexity index is 1100. The summed E-state index contributed by atoms with van der Waals surface area (Å²) in [6, 6.07) is 11.3. The van der Waals surface area contributed by atoms with Crippen molar-refractivity contribution in [3.63, 3.8) is 0 Å². The van der Waals surface area contributed by atoms with Gasteiger partial charge in [-0.3, -0.25) is 4.98 Å². The van der Waals surface area contributed by atoms with Gasteiger partial charge in [-0.1, -0.05) is 12.1 Å². The van der Waals surface area contributed by atoms with Crippen molar-refractivity contribution in [3.8, 4) is 0 Å². The number of aliphatic carboxylic acids is 1. The minimum absolute atomic E-state index is 0.000717. The molecule has 1 unspecified atom stereocenters. The van der Waals surface area contributed by atoms with Gasteiger partial charge in [-0.05, 0) is 55.7 Å². The molecule has 0 saturated carbocycles. The van der Waals surface area contributed by atoms with Gasteiger partial charge in [-0.2, -0.15) is 17.5 Å². The lowest BCUT2D eigenvalue weighted by molar-refractivity contribution is -0.192. The number of aryl methyl sites for hydroxylation is 2. The molecule has 1 aromatic heterocycles. The van der Waals surface area contributed by atoms with Gasteiger partial charge in [-0.25, -0.2) is 13.2 Å². The van der Waals surface area contributed by atoms with Gasteiger partial charge in [-0.15, -0.1) is 11.8 Å². The Morgan fingerprint density at radius 3 is 2.38 bits per heavy atom. The molecule has 2 aliphatic heterocycles. The molecule has 12 heteroatoms. The van der Waals surface area contributed by atoms with Crippen molar-refractivity contribution < 1.29 is 36.2 Å². The highest BCUT2D eigenvalue weighted by molar-refractivity contribution is 8.01. The monoisotopic (exact) mass is 518 g/mol. The number of carboxylic acids is 1. The summed E-state index contributed by atoms with van der Waals surface area (Å²) >= 11 is 1.84. The summed E-state index contributed by atoms with van der Waals surface area (Å²) in [7, 11) is -3.41. The third kappa shape index (κ3) is 6.49. The van der Waals surface area contributed by atoms with Crippen LogP contribution in [0.2, 0.25) is 0 Å². The van der Waals surface area contributed by atoms with E-state index in [0.29, 0.717) is 24.6 Å². The van der Waals surface area contributed by atoms with Crippen LogP contribution in [0, 0.1) is 13.8 Å². The Balaban J connectivity index is 0.000000406. The number of alkyl halides is 3. The van der Waals surface area contributed by atoms with E-state index in [2.05, 4.69) is 4.98 Å². The lowest BCUT2D eigenvalue weighted by Crippen LogP contribution is -2.60. The van der Waals surface area contributed by atoms with E-state index in [-0.39, 0.29) is 10.9 Å². The summed E-state index contributed by atoms with van der Waals surface area (Å²) in [5, 5.41) is 7.12. The van der Waals surface area contributed by atoms with Crippen molar-refractivity contribution >= 4 is 27.8 Å². The van der Waals surface area contributed by atoms with Gasteiger partial charge in [0.25, 0.3) is 0 Å². The number of hydrogen-bond acceptors (Lipinski definition) is 6. The molecule has 0 amide bonds. The van der Waals surface area contributed by atoms with Crippen molar-refractivity contribution in [3.05, 3.63) is 59.4 Å². The average molecular weight is 519 g/mol. The highest BCUT2D eigenvalue weighted by Crippen LogP contribution is 2.47. The molecule has 34 heavy (non-hydrogen) atoms. The van der Waals surface area contributed by atoms with E-state index in [1.807, 2.05) is 49.9 Å². The molecule has 0 radical (unpaired) electrons. The molecule has 4 rings (SSSR count). The van der Waals surface area contributed by atoms with Gasteiger partial charge in [0.2, 0.25) is 10.0 Å². The fourth-order valence-corrected chi connectivity index (χ4v) is 7.33. The van der Waals surface area contributed by atoms with E-state index in [4.69, 9.17) is 14.6 Å². The van der Waals surface area contributed by atoms with Crippen molar-refractivity contribution in [1.29, 1.82) is 0 Å². The Kier molecular flexibility index (Phi) is 7.96. The number of hydrogen-bond donors (Lipinski definition) is 1. The van der Waals surface area contributed by atoms with Crippen LogP contribution in [0.15, 0.2) is 47.5 Å². The lowest BCUT2D eigenvalue weighted by Gasteiger charge is -2.46. The molecule has 1 spiro atoms. The van der Waals surface area contributed by atoms with Crippen molar-refractivity contribution in [2.45, 2.75) is 48.8 Å². The fraction of sp³-hybridized carbons (Fsp3) is 0.455. The maximum Gasteiger partial charge on any atom is 0.490 e. The van der Waals surface area contributed by atoms with Gasteiger partial charge in [0.1, 0.15) is 0 Å². The van der Waals surface area contributed by atoms with Crippen LogP contribution in [0.3, 0.4) is 0 Å². The second-order valence-corrected chi connectivity index (χ2v) is 11.8. The highest BCUT2D eigenvalue weighted by atomic mass is 32.2. The van der Waals surface area contributed by atoms with Crippen LogP contribution in [0.5, 0.6) is 0 Å². The average Bonchev–Trinajstić information content (AvgIpc) is 3.16. The molecular formula is C22H25F3N2O5S2. The number of pyridine rings is 1. The first-order valence-corrected chi connectivity index (χ1v) is 12.8. The molecule has 3 heterocycles. The van der Waals surface area contributed by atoms with Crippen LogP contribution in [0.25, 0.3) is 0 Å². The topological polar surface area (TPSA) is 96.8 Å². The van der Waals surface area contributed by atoms with E-state index >= 15 is 0 Å². The molecule has 1 N–H and O–H groups in total. The summed E-state index contributed by atoms with van der Waals surface area (Å²) in [5.41, 5.74) is 2.88. The molecule has 1 atom stereocenters. The standard InChI is InChI=1S/C20H24N2O3S2.C2HF3O2/c1-15-7-16(2)9-19(8-15)27(23,24)22-13-20(14-22)10-18(12-26-20)25-11-17-5-3-4-6-21-17;3-2(4,5)1(6)7/h3-9,18H,10-14H2,1-2H3;(H,6,7). The fourth-order valence-electron chi connectivity index (χ4n) is 3.81. The summed E-state index contributed by atoms with van der Waals surface area (Å²) < 4.78 is 65.2. The number of aromatic nitrogens is 1. The van der Waals surface area contributed by atoms with Crippen LogP contribution >= 0.6 is 11.8 Å². The van der Waals surface area contributed by atoms with E-state index in [1.54, 1.807) is 22.6 Å². The number of halogens is 3. The van der Waals surface area contributed by atoms with Gasteiger partial charge in [0.05, 0.1) is 23.3 Å². The van der Waals surface area contributed by atoms with Crippen molar-refractivity contribution in [1.82, 2.24) is 9.29 Å². The highest BCUT2D eigenvalue weighted by Gasteiger charge is 2.53. The predicted octanol–water partition coefficient (Wildman–Crippen LogP) is 3.80. The zero-order chi connectivity index (χ0) is 25.1. The second kappa shape index (κ2) is 10.2. The number of carbonyl (C=O) groups is 1. The summed E-state index contributed by atoms with van der Waals surface area (Å²) in [6.07, 6.45) is -2.27. The molecule has 186 valence electrons. The Hall–Kier alpha value is -2.15. The molecule has 2 aromatic rings. The molecule has 2 fully saturated rings. The quantitative estimate of drug-likeness (QED) is 0.643. The maximum absolute atomic E-state index is 12.9. The Morgan fingerprint density at radius 1 is 1.24 bits per heavy atom. The molecule has 2 saturated heterocycles. The van der Waals surface area contributed by atoms with Gasteiger partial charge < -0.3 is 9.84 Å². The molecule has 0 aliphatic carbocycles. The first-order valence-electron chi connectivity index (χ1n) is 10.3. The minimum atomic E-state index is -5.08. The summed E-state index contributed by atoms with van der Waals surface area (Å²) in [5.74, 6) is -1.85. The molecule has 1 aromatic carbocycles. The molecule has 2 aliphatic rings. The van der Waals surface area contributed by atoms with Crippen LogP contribution in [0.4, 0.5) is 13.2 Å². The number of carboxylic acid groups (broad SMARTS) is 1. The van der Waals surface area contributed by atoms with E-state index in [0.717, 1.165) is 29.0 Å². The van der Waals surface area contributed by atoms with Crippen molar-refractivity contribution in [2.24, 2.45) is 0 Å². The first-order chi connectivity index (χ1) is 15.8. The van der Waals surface area contributed by atoms with Crippen LogP contribution in [-0.2, 0) is 26.2 Å². The first kappa shape index (κ1) is 26.5. The summed E-state index contributed by atoms with van der Waals surface area (Å²) in [4.78, 5) is 13.6. The minimum Gasteiger partial charge on any atom is -0.475 e. The smallest absolute Gasteiger partial charge is 0.475 e. The van der Waals surface area contributed by atoms with Gasteiger partial charge in [0.15, 0.2) is 0 Å². The van der Waals surface area contributed by atoms with E-state index in [9.17, 15) is 21.6 Å². The molecule has 7 nitrogen and oxygen atoms in total. The lowest BCUT2D eigenvalue weighted by atomic mass is 9.95. The van der Waals surface area contributed by atoms with E-state index < -0.39 is 22.2 Å². The number of thioether (sulfide) groups is 1. The van der Waals surface area contributed by atoms with Gasteiger partial charge >= 0.3 is 12.1 Å². The SMILES string of the molecule is Cc1cc(C)cc(S(=O)(=O)N2CC3(CC(OCc4ccccn4)CS3)C2)c1.O=C(O)C(F)(F)F. The van der Waals surface area contributed by atoms with Crippen LogP contribution in [-0.4, -0.2) is 64.7 Å². The number of ether oxygens (including phenoxy) is 1. The normalized spacial score (nSPS) is 19.9. The maximum atomic E-state index is 12.9. The second-order valence-electron chi connectivity index (χ2n) is 8.35. The van der Waals surface area contributed by atoms with Crippen molar-refractivity contribution in [2.75, 3.05) is 18.8 Å². The Morgan fingerprint density at radius 2 is 1.85 bits per heavy atom. The Labute approximate surface area is 200 Å². The van der Waals surface area contributed by atoms with Gasteiger partial charge in [0, 0.05) is 29.8 Å². The van der Waals surface area contributed by atoms with Crippen LogP contribution < -0.4 is 0 Å². The van der Waals surface area contributed by atoms with E-state index in [1.165, 1.54) is 0 Å². The molecular weight excluding hydrogens is 493 g/mol. The number of rotatable bonds is 5. The molecule has 0 bridgehead atoms. The predicted molar refractivity (Wildman–Crippen MR) is 121 cm³/mol. The van der Waals surface area contributed by atoms with Crippen LogP contribution in [0.1, 0.15) is 23.2 Å². The largest absolute Gasteiger partial charge is 0.490 e. The third-order valence-corrected chi connectivity index (χ3v) is 8.72. The zero-order valence-electron chi connectivity index (χ0n) is 18.6. The number of benzene rings is 1. The number of sulfonamides is 1. The zero-order valence-corrected chi connectivity index (χ0v) is 20.2. The third-order valence-electron chi connectivity index (χ3n) is 5.37. The summed E-state index contributed by atoms with van der Waals surface area (Å²) in [6.45, 7) is 5.50.